The van der Waals surface area contributed by atoms with Gasteiger partial charge in [-0.1, -0.05) is 26.0 Å². The number of hydrogen-bond acceptors (Lipinski definition) is 4. The number of nitrogens with zero attached hydrogens (tertiary/aromatic N) is 4. The third-order valence-electron chi connectivity index (χ3n) is 2.65. The van der Waals surface area contributed by atoms with Gasteiger partial charge in [-0.05, 0) is 34.0 Å². The normalized spacial score (nSPS) is 10.8. The first-order valence-corrected chi connectivity index (χ1v) is 5.67. The van der Waals surface area contributed by atoms with Gasteiger partial charge in [0.05, 0.1) is 5.69 Å². The van der Waals surface area contributed by atoms with Gasteiger partial charge in [0.25, 0.3) is 0 Å². The molecule has 0 bridgehead atoms. The Kier molecular flexibility index (Phi) is 3.36. The van der Waals surface area contributed by atoms with Gasteiger partial charge in [-0.2, -0.15) is 4.68 Å². The highest BCUT2D eigenvalue weighted by Crippen LogP contribution is 2.16. The van der Waals surface area contributed by atoms with Crippen molar-refractivity contribution in [2.24, 2.45) is 0 Å². The van der Waals surface area contributed by atoms with E-state index >= 15 is 0 Å². The third-order valence-corrected chi connectivity index (χ3v) is 2.65. The van der Waals surface area contributed by atoms with Crippen LogP contribution >= 0.6 is 0 Å². The van der Waals surface area contributed by atoms with E-state index < -0.39 is 5.97 Å². The lowest BCUT2D eigenvalue weighted by Gasteiger charge is -2.07. The first-order chi connectivity index (χ1) is 8.58. The lowest BCUT2D eigenvalue weighted by molar-refractivity contribution is -0.136. The molecule has 0 aliphatic rings. The fourth-order valence-electron chi connectivity index (χ4n) is 1.65. The quantitative estimate of drug-likeness (QED) is 0.882. The van der Waals surface area contributed by atoms with Crippen LogP contribution < -0.4 is 0 Å². The Hall–Kier alpha value is -2.24. The number of tetrazole rings is 1. The van der Waals surface area contributed by atoms with Crippen LogP contribution in [0.4, 0.5) is 0 Å². The maximum atomic E-state index is 10.7. The number of benzene rings is 1. The summed E-state index contributed by atoms with van der Waals surface area (Å²) >= 11 is 0. The monoisotopic (exact) mass is 246 g/mol. The minimum atomic E-state index is -0.954. The van der Waals surface area contributed by atoms with Gasteiger partial charge in [-0.15, -0.1) is 5.10 Å². The van der Waals surface area contributed by atoms with E-state index in [2.05, 4.69) is 29.4 Å². The fourth-order valence-corrected chi connectivity index (χ4v) is 1.65. The van der Waals surface area contributed by atoms with Gasteiger partial charge in [-0.25, -0.2) is 0 Å². The van der Waals surface area contributed by atoms with Crippen molar-refractivity contribution in [1.82, 2.24) is 20.2 Å². The van der Waals surface area contributed by atoms with Gasteiger partial charge in [0, 0.05) is 0 Å². The summed E-state index contributed by atoms with van der Waals surface area (Å²) in [6, 6.07) is 7.76. The molecule has 0 saturated heterocycles. The maximum absolute atomic E-state index is 10.7. The van der Waals surface area contributed by atoms with Crippen molar-refractivity contribution in [3.63, 3.8) is 0 Å². The number of rotatable bonds is 4. The number of carboxylic acids is 1. The van der Waals surface area contributed by atoms with Crippen molar-refractivity contribution in [2.75, 3.05) is 0 Å². The molecule has 2 rings (SSSR count). The molecule has 1 aromatic heterocycles. The molecule has 0 unspecified atom stereocenters. The number of carbonyl (C=O) groups is 1. The minimum Gasteiger partial charge on any atom is -0.481 e. The minimum absolute atomic E-state index is 0.196. The zero-order chi connectivity index (χ0) is 13.1. The molecule has 2 aromatic rings. The summed E-state index contributed by atoms with van der Waals surface area (Å²) in [5.41, 5.74) is 1.98. The van der Waals surface area contributed by atoms with Crippen molar-refractivity contribution in [3.05, 3.63) is 35.7 Å². The molecule has 0 amide bonds. The molecule has 0 atom stereocenters. The Bertz CT molecular complexity index is 545. The lowest BCUT2D eigenvalue weighted by Crippen LogP contribution is -2.09. The molecule has 6 heteroatoms. The summed E-state index contributed by atoms with van der Waals surface area (Å²) < 4.78 is 1.44. The maximum Gasteiger partial charge on any atom is 0.311 e. The first-order valence-electron chi connectivity index (χ1n) is 5.67. The fraction of sp³-hybridized carbons (Fsp3) is 0.333. The van der Waals surface area contributed by atoms with Crippen LogP contribution in [0.3, 0.4) is 0 Å². The van der Waals surface area contributed by atoms with E-state index in [1.165, 1.54) is 10.2 Å². The zero-order valence-corrected chi connectivity index (χ0v) is 10.2. The molecule has 0 fully saturated rings. The Morgan fingerprint density at radius 3 is 2.56 bits per heavy atom. The smallest absolute Gasteiger partial charge is 0.311 e. The van der Waals surface area contributed by atoms with Gasteiger partial charge in [0.2, 0.25) is 0 Å². The van der Waals surface area contributed by atoms with Crippen LogP contribution in [-0.2, 0) is 11.2 Å². The zero-order valence-electron chi connectivity index (χ0n) is 10.2. The average molecular weight is 246 g/mol. The standard InChI is InChI=1S/C12H14N4O2/c1-8(2)9-3-5-10(6-4-9)16-11(7-12(17)18)13-14-15-16/h3-6,8H,7H2,1-2H3,(H,17,18). The van der Waals surface area contributed by atoms with Crippen molar-refractivity contribution < 1.29 is 9.90 Å². The Morgan fingerprint density at radius 1 is 1.33 bits per heavy atom. The third kappa shape index (κ3) is 2.53. The van der Waals surface area contributed by atoms with Crippen LogP contribution in [0.15, 0.2) is 24.3 Å². The highest BCUT2D eigenvalue weighted by Gasteiger charge is 2.11. The van der Waals surface area contributed by atoms with Crippen LogP contribution in [0.25, 0.3) is 5.69 Å². The van der Waals surface area contributed by atoms with Gasteiger partial charge in [-0.3, -0.25) is 4.79 Å². The van der Waals surface area contributed by atoms with Crippen molar-refractivity contribution in [1.29, 1.82) is 0 Å². The molecule has 6 nitrogen and oxygen atoms in total. The predicted octanol–water partition coefficient (Wildman–Crippen LogP) is 1.41. The molecule has 0 aliphatic carbocycles. The molecular formula is C12H14N4O2. The SMILES string of the molecule is CC(C)c1ccc(-n2nnnc2CC(=O)O)cc1. The van der Waals surface area contributed by atoms with E-state index in [1.807, 2.05) is 24.3 Å². The second-order valence-electron chi connectivity index (χ2n) is 4.32. The van der Waals surface area contributed by atoms with Crippen molar-refractivity contribution in [2.45, 2.75) is 26.2 Å². The molecule has 0 aliphatic heterocycles. The Balaban J connectivity index is 2.31. The summed E-state index contributed by atoms with van der Waals surface area (Å²) in [5, 5.41) is 19.8. The second kappa shape index (κ2) is 4.95. The summed E-state index contributed by atoms with van der Waals surface area (Å²) in [6.07, 6.45) is -0.196. The Morgan fingerprint density at radius 2 is 2.00 bits per heavy atom. The highest BCUT2D eigenvalue weighted by atomic mass is 16.4. The number of hydrogen-bond donors (Lipinski definition) is 1. The van der Waals surface area contributed by atoms with Crippen molar-refractivity contribution in [3.8, 4) is 5.69 Å². The van der Waals surface area contributed by atoms with Gasteiger partial charge >= 0.3 is 5.97 Å². The van der Waals surface area contributed by atoms with Gasteiger partial charge < -0.3 is 5.11 Å². The molecule has 0 radical (unpaired) electrons. The molecule has 18 heavy (non-hydrogen) atoms. The number of carboxylic acid groups (broad SMARTS) is 1. The van der Waals surface area contributed by atoms with Crippen LogP contribution in [0.1, 0.15) is 31.2 Å². The van der Waals surface area contributed by atoms with Crippen LogP contribution in [0, 0.1) is 0 Å². The first kappa shape index (κ1) is 12.2. The largest absolute Gasteiger partial charge is 0.481 e. The molecule has 1 aromatic carbocycles. The lowest BCUT2D eigenvalue weighted by atomic mass is 10.0. The van der Waals surface area contributed by atoms with Crippen LogP contribution in [0.5, 0.6) is 0 Å². The topological polar surface area (TPSA) is 80.9 Å². The van der Waals surface area contributed by atoms with Crippen LogP contribution in [0.2, 0.25) is 0 Å². The van der Waals surface area contributed by atoms with E-state index in [0.29, 0.717) is 11.7 Å². The number of aliphatic carboxylic acids is 1. The van der Waals surface area contributed by atoms with E-state index in [0.717, 1.165) is 5.69 Å². The van der Waals surface area contributed by atoms with E-state index in [9.17, 15) is 4.79 Å². The molecule has 0 saturated carbocycles. The van der Waals surface area contributed by atoms with Crippen LogP contribution in [-0.4, -0.2) is 31.3 Å². The van der Waals surface area contributed by atoms with E-state index in [-0.39, 0.29) is 6.42 Å². The van der Waals surface area contributed by atoms with E-state index in [1.54, 1.807) is 0 Å². The molecule has 1 N–H and O–H groups in total. The highest BCUT2D eigenvalue weighted by molar-refractivity contribution is 5.69. The Labute approximate surface area is 104 Å². The van der Waals surface area contributed by atoms with E-state index in [4.69, 9.17) is 5.11 Å². The second-order valence-corrected chi connectivity index (χ2v) is 4.32. The van der Waals surface area contributed by atoms with Gasteiger partial charge in [0.15, 0.2) is 5.82 Å². The number of aromatic nitrogens is 4. The van der Waals surface area contributed by atoms with Crippen molar-refractivity contribution >= 4 is 5.97 Å². The summed E-state index contributed by atoms with van der Waals surface area (Å²) in [7, 11) is 0. The molecule has 94 valence electrons. The molecule has 1 heterocycles. The van der Waals surface area contributed by atoms with Gasteiger partial charge in [0.1, 0.15) is 6.42 Å². The predicted molar refractivity (Wildman–Crippen MR) is 64.6 cm³/mol. The summed E-state index contributed by atoms with van der Waals surface area (Å²) in [6.45, 7) is 4.23. The summed E-state index contributed by atoms with van der Waals surface area (Å²) in [4.78, 5) is 10.7. The summed E-state index contributed by atoms with van der Waals surface area (Å²) in [5.74, 6) is -0.184. The molecular weight excluding hydrogens is 232 g/mol. The average Bonchev–Trinajstić information content (AvgIpc) is 2.76. The molecule has 0 spiro atoms.